The summed E-state index contributed by atoms with van der Waals surface area (Å²) in [6.45, 7) is 0.554. The van der Waals surface area contributed by atoms with E-state index >= 15 is 0 Å². The van der Waals surface area contributed by atoms with Crippen LogP contribution in [0.25, 0.3) is 11.0 Å². The monoisotopic (exact) mass is 379 g/mol. The third kappa shape index (κ3) is 2.77. The van der Waals surface area contributed by atoms with E-state index in [1.807, 2.05) is 17.5 Å². The SMILES string of the molecule is O=S(=O)(c1cccc2nsnc12)N1CCCCC[C@@H]1c1cccs1. The highest BCUT2D eigenvalue weighted by Crippen LogP contribution is 2.37. The van der Waals surface area contributed by atoms with Crippen LogP contribution in [0.2, 0.25) is 0 Å². The van der Waals surface area contributed by atoms with E-state index < -0.39 is 10.0 Å². The van der Waals surface area contributed by atoms with E-state index in [-0.39, 0.29) is 10.9 Å². The normalized spacial score (nSPS) is 20.2. The summed E-state index contributed by atoms with van der Waals surface area (Å²) in [5.41, 5.74) is 1.13. The molecule has 126 valence electrons. The summed E-state index contributed by atoms with van der Waals surface area (Å²) in [7, 11) is -3.61. The fourth-order valence-corrected chi connectivity index (χ4v) is 6.62. The summed E-state index contributed by atoms with van der Waals surface area (Å²) < 4.78 is 36.9. The molecule has 1 aliphatic heterocycles. The fourth-order valence-electron chi connectivity index (χ4n) is 3.25. The first-order valence-electron chi connectivity index (χ1n) is 7.94. The van der Waals surface area contributed by atoms with Crippen molar-refractivity contribution in [2.75, 3.05) is 6.54 Å². The summed E-state index contributed by atoms with van der Waals surface area (Å²) in [5, 5.41) is 2.01. The zero-order chi connectivity index (χ0) is 16.6. The van der Waals surface area contributed by atoms with Crippen molar-refractivity contribution < 1.29 is 8.42 Å². The smallest absolute Gasteiger partial charge is 0.207 e. The first-order valence-corrected chi connectivity index (χ1v) is 11.0. The largest absolute Gasteiger partial charge is 0.245 e. The molecule has 0 saturated carbocycles. The van der Waals surface area contributed by atoms with Crippen LogP contribution in [-0.4, -0.2) is 28.0 Å². The molecular weight excluding hydrogens is 362 g/mol. The molecule has 0 radical (unpaired) electrons. The van der Waals surface area contributed by atoms with Crippen molar-refractivity contribution in [2.24, 2.45) is 0 Å². The Hall–Kier alpha value is -1.35. The lowest BCUT2D eigenvalue weighted by atomic mass is 10.1. The second-order valence-electron chi connectivity index (χ2n) is 5.88. The van der Waals surface area contributed by atoms with E-state index in [1.54, 1.807) is 33.8 Å². The van der Waals surface area contributed by atoms with Gasteiger partial charge in [0.25, 0.3) is 0 Å². The summed E-state index contributed by atoms with van der Waals surface area (Å²) in [4.78, 5) is 1.39. The second-order valence-corrected chi connectivity index (χ2v) is 9.25. The van der Waals surface area contributed by atoms with Gasteiger partial charge in [-0.3, -0.25) is 0 Å². The van der Waals surface area contributed by atoms with Gasteiger partial charge >= 0.3 is 0 Å². The molecule has 0 N–H and O–H groups in total. The first-order chi connectivity index (χ1) is 11.7. The Morgan fingerprint density at radius 2 is 2.00 bits per heavy atom. The Labute approximate surface area is 149 Å². The number of nitrogens with zero attached hydrogens (tertiary/aromatic N) is 3. The highest BCUT2D eigenvalue weighted by atomic mass is 32.2. The lowest BCUT2D eigenvalue weighted by molar-refractivity contribution is 0.333. The maximum absolute atomic E-state index is 13.4. The molecular formula is C16H17N3O2S3. The van der Waals surface area contributed by atoms with Crippen molar-refractivity contribution in [2.45, 2.75) is 36.6 Å². The predicted octanol–water partition coefficient (Wildman–Crippen LogP) is 4.06. The number of aromatic nitrogens is 2. The second kappa shape index (κ2) is 6.51. The van der Waals surface area contributed by atoms with Gasteiger partial charge in [0.05, 0.1) is 17.8 Å². The fraction of sp³-hybridized carbons (Fsp3) is 0.375. The Kier molecular flexibility index (Phi) is 4.38. The molecule has 2 aromatic heterocycles. The molecule has 1 saturated heterocycles. The van der Waals surface area contributed by atoms with Crippen LogP contribution in [0.1, 0.15) is 36.6 Å². The lowest BCUT2D eigenvalue weighted by Gasteiger charge is -2.28. The zero-order valence-corrected chi connectivity index (χ0v) is 15.4. The highest BCUT2D eigenvalue weighted by Gasteiger charge is 2.35. The van der Waals surface area contributed by atoms with Gasteiger partial charge < -0.3 is 0 Å². The van der Waals surface area contributed by atoms with Crippen LogP contribution in [0.3, 0.4) is 0 Å². The average Bonchev–Trinajstić information content (AvgIpc) is 3.21. The first kappa shape index (κ1) is 16.1. The predicted molar refractivity (Wildman–Crippen MR) is 96.8 cm³/mol. The molecule has 4 rings (SSSR count). The highest BCUT2D eigenvalue weighted by molar-refractivity contribution is 7.89. The molecule has 8 heteroatoms. The molecule has 0 amide bonds. The lowest BCUT2D eigenvalue weighted by Crippen LogP contribution is -2.34. The zero-order valence-electron chi connectivity index (χ0n) is 13.0. The third-order valence-corrected chi connectivity index (χ3v) is 7.87. The molecule has 0 unspecified atom stereocenters. The minimum absolute atomic E-state index is 0.0839. The Balaban J connectivity index is 1.82. The minimum atomic E-state index is -3.61. The van der Waals surface area contributed by atoms with Crippen molar-refractivity contribution in [1.29, 1.82) is 0 Å². The van der Waals surface area contributed by atoms with Crippen molar-refractivity contribution >= 4 is 44.1 Å². The number of hydrogen-bond donors (Lipinski definition) is 0. The minimum Gasteiger partial charge on any atom is -0.207 e. The number of hydrogen-bond acceptors (Lipinski definition) is 6. The van der Waals surface area contributed by atoms with Crippen LogP contribution in [0, 0.1) is 0 Å². The molecule has 3 aromatic rings. The molecule has 1 aromatic carbocycles. The standard InChI is InChI=1S/C16H17N3O2S3/c20-24(21,15-9-4-6-12-16(15)18-23-17-12)19-10-3-1-2-7-13(19)14-8-5-11-22-14/h4-6,8-9,11,13H,1-3,7,10H2/t13-/m1/s1. The third-order valence-electron chi connectivity index (χ3n) is 4.41. The van der Waals surface area contributed by atoms with Crippen LogP contribution in [0.4, 0.5) is 0 Å². The van der Waals surface area contributed by atoms with E-state index in [9.17, 15) is 8.42 Å². The van der Waals surface area contributed by atoms with Crippen molar-refractivity contribution in [3.8, 4) is 0 Å². The summed E-state index contributed by atoms with van der Waals surface area (Å²) in [5.74, 6) is 0. The molecule has 0 bridgehead atoms. The Morgan fingerprint density at radius 1 is 1.08 bits per heavy atom. The molecule has 0 aliphatic carbocycles. The molecule has 3 heterocycles. The van der Waals surface area contributed by atoms with Crippen LogP contribution in [0.5, 0.6) is 0 Å². The Bertz CT molecular complexity index is 935. The maximum Gasteiger partial charge on any atom is 0.245 e. The van der Waals surface area contributed by atoms with Gasteiger partial charge in [-0.1, -0.05) is 25.0 Å². The number of thiophene rings is 1. The van der Waals surface area contributed by atoms with E-state index in [4.69, 9.17) is 0 Å². The van der Waals surface area contributed by atoms with Gasteiger partial charge in [-0.05, 0) is 36.4 Å². The van der Waals surface area contributed by atoms with Gasteiger partial charge in [-0.2, -0.15) is 13.1 Å². The van der Waals surface area contributed by atoms with Gasteiger partial charge in [0.2, 0.25) is 10.0 Å². The van der Waals surface area contributed by atoms with Crippen LogP contribution < -0.4 is 0 Å². The quantitative estimate of drug-likeness (QED) is 0.688. The van der Waals surface area contributed by atoms with Gasteiger partial charge in [-0.25, -0.2) is 8.42 Å². The number of fused-ring (bicyclic) bond motifs is 1. The Morgan fingerprint density at radius 3 is 2.83 bits per heavy atom. The van der Waals surface area contributed by atoms with Crippen molar-refractivity contribution in [3.63, 3.8) is 0 Å². The number of rotatable bonds is 3. The van der Waals surface area contributed by atoms with Crippen LogP contribution in [0.15, 0.2) is 40.6 Å². The van der Waals surface area contributed by atoms with E-state index in [1.165, 1.54) is 0 Å². The summed E-state index contributed by atoms with van der Waals surface area (Å²) >= 11 is 2.68. The number of sulfonamides is 1. The van der Waals surface area contributed by atoms with E-state index in [2.05, 4.69) is 8.75 Å². The topological polar surface area (TPSA) is 63.2 Å². The van der Waals surface area contributed by atoms with Crippen LogP contribution in [-0.2, 0) is 10.0 Å². The maximum atomic E-state index is 13.4. The van der Waals surface area contributed by atoms with Crippen LogP contribution >= 0.6 is 23.1 Å². The molecule has 0 spiro atoms. The molecule has 1 fully saturated rings. The molecule has 24 heavy (non-hydrogen) atoms. The van der Waals surface area contributed by atoms with E-state index in [0.29, 0.717) is 17.6 Å². The van der Waals surface area contributed by atoms with Gasteiger partial charge in [0.15, 0.2) is 0 Å². The average molecular weight is 380 g/mol. The van der Waals surface area contributed by atoms with Crippen molar-refractivity contribution in [3.05, 3.63) is 40.6 Å². The summed E-state index contributed by atoms with van der Waals surface area (Å²) in [6.07, 6.45) is 3.88. The molecule has 5 nitrogen and oxygen atoms in total. The van der Waals surface area contributed by atoms with Crippen molar-refractivity contribution in [1.82, 2.24) is 13.1 Å². The molecule has 1 aliphatic rings. The number of benzene rings is 1. The van der Waals surface area contributed by atoms with Gasteiger partial charge in [0.1, 0.15) is 15.9 Å². The van der Waals surface area contributed by atoms with E-state index in [0.717, 1.165) is 42.3 Å². The summed E-state index contributed by atoms with van der Waals surface area (Å²) in [6, 6.07) is 9.13. The van der Waals surface area contributed by atoms with Gasteiger partial charge in [0, 0.05) is 11.4 Å². The van der Waals surface area contributed by atoms with Gasteiger partial charge in [-0.15, -0.1) is 11.3 Å². The molecule has 1 atom stereocenters.